The minimum absolute atomic E-state index is 0.0446. The van der Waals surface area contributed by atoms with Gasteiger partial charge in [0.25, 0.3) is 5.91 Å². The third-order valence-electron chi connectivity index (χ3n) is 3.62. The highest BCUT2D eigenvalue weighted by Crippen LogP contribution is 2.20. The van der Waals surface area contributed by atoms with Crippen LogP contribution in [0, 0.1) is 5.82 Å². The number of nitrogens with one attached hydrogen (secondary N) is 2. The number of esters is 1. The first-order valence-electron chi connectivity index (χ1n) is 8.59. The van der Waals surface area contributed by atoms with E-state index in [-0.39, 0.29) is 16.5 Å². The molecule has 0 saturated carbocycles. The Labute approximate surface area is 176 Å². The van der Waals surface area contributed by atoms with Crippen molar-refractivity contribution in [2.24, 2.45) is 0 Å². The minimum atomic E-state index is -3.64. The van der Waals surface area contributed by atoms with Crippen molar-refractivity contribution in [1.82, 2.24) is 4.72 Å². The zero-order chi connectivity index (χ0) is 21.8. The maximum atomic E-state index is 13.3. The SMILES string of the molecule is CC(C)NS(=O)(=O)c1ccc(NC(=O)C(C)OC(=O)c2cc(F)ccc2Br)cc1. The topological polar surface area (TPSA) is 102 Å². The second-order valence-corrected chi connectivity index (χ2v) is 9.03. The number of rotatable bonds is 7. The highest BCUT2D eigenvalue weighted by Gasteiger charge is 2.21. The van der Waals surface area contributed by atoms with Crippen molar-refractivity contribution in [3.63, 3.8) is 0 Å². The van der Waals surface area contributed by atoms with Gasteiger partial charge >= 0.3 is 5.97 Å². The molecule has 0 heterocycles. The fourth-order valence-electron chi connectivity index (χ4n) is 2.27. The number of benzene rings is 2. The summed E-state index contributed by atoms with van der Waals surface area (Å²) in [5.74, 6) is -2.10. The number of carbonyl (C=O) groups is 2. The molecule has 0 aromatic heterocycles. The van der Waals surface area contributed by atoms with Crippen LogP contribution in [-0.2, 0) is 19.6 Å². The number of hydrogen-bond acceptors (Lipinski definition) is 5. The van der Waals surface area contributed by atoms with Gasteiger partial charge < -0.3 is 10.1 Å². The van der Waals surface area contributed by atoms with Crippen molar-refractivity contribution in [2.75, 3.05) is 5.32 Å². The zero-order valence-corrected chi connectivity index (χ0v) is 18.3. The van der Waals surface area contributed by atoms with E-state index >= 15 is 0 Å². The van der Waals surface area contributed by atoms with Crippen molar-refractivity contribution in [1.29, 1.82) is 0 Å². The predicted octanol–water partition coefficient (Wildman–Crippen LogP) is 3.46. The molecular weight excluding hydrogens is 467 g/mol. The highest BCUT2D eigenvalue weighted by molar-refractivity contribution is 9.10. The number of amides is 1. The fraction of sp³-hybridized carbons (Fsp3) is 0.263. The molecule has 1 unspecified atom stereocenters. The van der Waals surface area contributed by atoms with Gasteiger partial charge in [0.15, 0.2) is 6.10 Å². The minimum Gasteiger partial charge on any atom is -0.449 e. The van der Waals surface area contributed by atoms with Gasteiger partial charge in [-0.15, -0.1) is 0 Å². The summed E-state index contributed by atoms with van der Waals surface area (Å²) in [7, 11) is -3.64. The predicted molar refractivity (Wildman–Crippen MR) is 110 cm³/mol. The standard InChI is InChI=1S/C19H20BrFN2O5S/c1-11(2)23-29(26,27)15-7-5-14(6-8-15)22-18(24)12(3)28-19(25)16-10-13(21)4-9-17(16)20/h4-12,23H,1-3H3,(H,22,24). The number of ether oxygens (including phenoxy) is 1. The lowest BCUT2D eigenvalue weighted by molar-refractivity contribution is -0.123. The van der Waals surface area contributed by atoms with E-state index in [0.717, 1.165) is 6.07 Å². The van der Waals surface area contributed by atoms with E-state index in [0.29, 0.717) is 10.2 Å². The summed E-state index contributed by atoms with van der Waals surface area (Å²) >= 11 is 3.13. The Bertz CT molecular complexity index is 1010. The molecule has 29 heavy (non-hydrogen) atoms. The summed E-state index contributed by atoms with van der Waals surface area (Å²) in [5, 5.41) is 2.53. The summed E-state index contributed by atoms with van der Waals surface area (Å²) in [6, 6.07) is 8.82. The van der Waals surface area contributed by atoms with E-state index in [1.807, 2.05) is 0 Å². The van der Waals surface area contributed by atoms with E-state index in [4.69, 9.17) is 4.74 Å². The zero-order valence-electron chi connectivity index (χ0n) is 15.9. The fourth-order valence-corrected chi connectivity index (χ4v) is 3.93. The first-order valence-corrected chi connectivity index (χ1v) is 10.9. The molecule has 7 nitrogen and oxygen atoms in total. The lowest BCUT2D eigenvalue weighted by atomic mass is 10.2. The smallest absolute Gasteiger partial charge is 0.340 e. The molecule has 0 aliphatic rings. The molecule has 0 fully saturated rings. The van der Waals surface area contributed by atoms with Gasteiger partial charge in [0.2, 0.25) is 10.0 Å². The molecule has 10 heteroatoms. The van der Waals surface area contributed by atoms with Crippen molar-refractivity contribution >= 4 is 43.5 Å². The van der Waals surface area contributed by atoms with Gasteiger partial charge in [-0.3, -0.25) is 4.79 Å². The number of anilines is 1. The van der Waals surface area contributed by atoms with Gasteiger partial charge in [0.1, 0.15) is 5.82 Å². The van der Waals surface area contributed by atoms with E-state index in [2.05, 4.69) is 26.0 Å². The molecule has 2 aromatic rings. The van der Waals surface area contributed by atoms with E-state index in [1.165, 1.54) is 43.3 Å². The van der Waals surface area contributed by atoms with Crippen molar-refractivity contribution < 1.29 is 27.1 Å². The van der Waals surface area contributed by atoms with Crippen LogP contribution in [-0.4, -0.2) is 32.4 Å². The molecule has 2 N–H and O–H groups in total. The Morgan fingerprint density at radius 3 is 2.28 bits per heavy atom. The van der Waals surface area contributed by atoms with Crippen LogP contribution in [0.15, 0.2) is 51.8 Å². The van der Waals surface area contributed by atoms with Crippen LogP contribution in [0.4, 0.5) is 10.1 Å². The van der Waals surface area contributed by atoms with Crippen LogP contribution in [0.1, 0.15) is 31.1 Å². The third-order valence-corrected chi connectivity index (χ3v) is 5.99. The maximum Gasteiger partial charge on any atom is 0.340 e. The molecule has 2 rings (SSSR count). The highest BCUT2D eigenvalue weighted by atomic mass is 79.9. The van der Waals surface area contributed by atoms with Crippen molar-refractivity contribution in [3.05, 3.63) is 58.3 Å². The molecule has 0 aliphatic heterocycles. The van der Waals surface area contributed by atoms with E-state index in [1.54, 1.807) is 13.8 Å². The van der Waals surface area contributed by atoms with Crippen LogP contribution in [0.25, 0.3) is 0 Å². The molecule has 0 bridgehead atoms. The summed E-state index contributed by atoms with van der Waals surface area (Å²) in [5.41, 5.74) is 0.283. The van der Waals surface area contributed by atoms with Crippen molar-refractivity contribution in [2.45, 2.75) is 37.8 Å². The normalized spacial score (nSPS) is 12.5. The number of hydrogen-bond donors (Lipinski definition) is 2. The van der Waals surface area contributed by atoms with Crippen molar-refractivity contribution in [3.8, 4) is 0 Å². The van der Waals surface area contributed by atoms with Gasteiger partial charge in [0.05, 0.1) is 10.5 Å². The molecule has 1 amide bonds. The summed E-state index contributed by atoms with van der Waals surface area (Å²) in [6.45, 7) is 4.78. The second kappa shape index (κ2) is 9.47. The summed E-state index contributed by atoms with van der Waals surface area (Å²) < 4.78 is 45.4. The first-order chi connectivity index (χ1) is 13.5. The monoisotopic (exact) mass is 486 g/mol. The maximum absolute atomic E-state index is 13.3. The number of carbonyl (C=O) groups excluding carboxylic acids is 2. The van der Waals surface area contributed by atoms with E-state index < -0.39 is 33.8 Å². The van der Waals surface area contributed by atoms with Gasteiger partial charge in [-0.05, 0) is 79.2 Å². The molecule has 156 valence electrons. The summed E-state index contributed by atoms with van der Waals surface area (Å²) in [4.78, 5) is 24.5. The Hall–Kier alpha value is -2.30. The Balaban J connectivity index is 2.02. The van der Waals surface area contributed by atoms with Crippen LogP contribution in [0.3, 0.4) is 0 Å². The molecule has 0 aliphatic carbocycles. The van der Waals surface area contributed by atoms with Gasteiger partial charge in [-0.25, -0.2) is 22.3 Å². The van der Waals surface area contributed by atoms with Crippen LogP contribution >= 0.6 is 15.9 Å². The largest absolute Gasteiger partial charge is 0.449 e. The number of halogens is 2. The van der Waals surface area contributed by atoms with Gasteiger partial charge in [0, 0.05) is 16.2 Å². The van der Waals surface area contributed by atoms with Gasteiger partial charge in [-0.1, -0.05) is 0 Å². The average molecular weight is 487 g/mol. The van der Waals surface area contributed by atoms with Gasteiger partial charge in [-0.2, -0.15) is 0 Å². The molecular formula is C19H20BrFN2O5S. The Morgan fingerprint density at radius 2 is 1.69 bits per heavy atom. The quantitative estimate of drug-likeness (QED) is 0.583. The molecule has 0 spiro atoms. The Morgan fingerprint density at radius 1 is 1.07 bits per heavy atom. The van der Waals surface area contributed by atoms with Crippen LogP contribution in [0.2, 0.25) is 0 Å². The molecule has 0 saturated heterocycles. The van der Waals surface area contributed by atoms with Crippen LogP contribution < -0.4 is 10.0 Å². The average Bonchev–Trinajstić information content (AvgIpc) is 2.63. The Kier molecular flexibility index (Phi) is 7.50. The van der Waals surface area contributed by atoms with Crippen LogP contribution in [0.5, 0.6) is 0 Å². The molecule has 0 radical (unpaired) electrons. The lowest BCUT2D eigenvalue weighted by Crippen LogP contribution is -2.31. The molecule has 1 atom stereocenters. The number of sulfonamides is 1. The summed E-state index contributed by atoms with van der Waals surface area (Å²) in [6.07, 6.45) is -1.16. The lowest BCUT2D eigenvalue weighted by Gasteiger charge is -2.15. The molecule has 2 aromatic carbocycles. The first kappa shape index (κ1) is 23.0. The van der Waals surface area contributed by atoms with E-state index in [9.17, 15) is 22.4 Å². The second-order valence-electron chi connectivity index (χ2n) is 6.46. The third kappa shape index (κ3) is 6.34.